The lowest BCUT2D eigenvalue weighted by Gasteiger charge is -2.47. The molecule has 1 aromatic rings. The predicted molar refractivity (Wildman–Crippen MR) is 97.7 cm³/mol. The fourth-order valence-corrected chi connectivity index (χ4v) is 3.34. The van der Waals surface area contributed by atoms with E-state index in [0.29, 0.717) is 12.6 Å². The molecule has 0 aliphatic carbocycles. The molecule has 3 aliphatic rings. The molecule has 3 saturated heterocycles. The van der Waals surface area contributed by atoms with E-state index in [-0.39, 0.29) is 0 Å². The number of hydrogen-bond acceptors (Lipinski definition) is 4. The van der Waals surface area contributed by atoms with E-state index in [0.717, 1.165) is 31.2 Å². The molecule has 0 amide bonds. The van der Waals surface area contributed by atoms with Gasteiger partial charge in [0.1, 0.15) is 5.75 Å². The number of ether oxygens (including phenoxy) is 1. The van der Waals surface area contributed by atoms with Gasteiger partial charge in [-0.25, -0.2) is 0 Å². The highest BCUT2D eigenvalue weighted by Gasteiger charge is 2.31. The van der Waals surface area contributed by atoms with Crippen LogP contribution < -0.4 is 15.4 Å². The van der Waals surface area contributed by atoms with Crippen LogP contribution in [0.15, 0.2) is 35.3 Å². The van der Waals surface area contributed by atoms with Gasteiger partial charge in [-0.15, -0.1) is 0 Å². The number of hydrogen-bond donors (Lipinski definition) is 2. The van der Waals surface area contributed by atoms with Crippen molar-refractivity contribution in [2.24, 2.45) is 4.99 Å². The third kappa shape index (κ3) is 4.85. The van der Waals surface area contributed by atoms with Crippen molar-refractivity contribution < 1.29 is 4.74 Å². The molecule has 0 aromatic heterocycles. The van der Waals surface area contributed by atoms with Crippen LogP contribution in [0.1, 0.15) is 6.42 Å². The first-order valence-electron chi connectivity index (χ1n) is 8.94. The maximum Gasteiger partial charge on any atom is 0.191 e. The van der Waals surface area contributed by atoms with E-state index in [1.54, 1.807) is 0 Å². The minimum Gasteiger partial charge on any atom is -0.494 e. The first-order valence-corrected chi connectivity index (χ1v) is 8.94. The number of rotatable bonds is 7. The summed E-state index contributed by atoms with van der Waals surface area (Å²) in [6.45, 7) is 8.55. The van der Waals surface area contributed by atoms with Crippen molar-refractivity contribution in [2.45, 2.75) is 12.5 Å². The van der Waals surface area contributed by atoms with Gasteiger partial charge < -0.3 is 15.4 Å². The van der Waals surface area contributed by atoms with Crippen molar-refractivity contribution in [1.29, 1.82) is 0 Å². The molecule has 24 heavy (non-hydrogen) atoms. The maximum absolute atomic E-state index is 5.70. The molecule has 1 unspecified atom stereocenters. The third-order valence-electron chi connectivity index (χ3n) is 4.75. The molecule has 6 nitrogen and oxygen atoms in total. The third-order valence-corrected chi connectivity index (χ3v) is 4.75. The Morgan fingerprint density at radius 1 is 1.17 bits per heavy atom. The van der Waals surface area contributed by atoms with Gasteiger partial charge in [-0.2, -0.15) is 0 Å². The van der Waals surface area contributed by atoms with E-state index in [2.05, 4.69) is 25.4 Å². The molecule has 0 radical (unpaired) electrons. The lowest BCUT2D eigenvalue weighted by molar-refractivity contribution is 0.0154. The average Bonchev–Trinajstić information content (AvgIpc) is 2.66. The van der Waals surface area contributed by atoms with Gasteiger partial charge in [-0.05, 0) is 18.6 Å². The lowest BCUT2D eigenvalue weighted by Crippen LogP contribution is -2.63. The molecule has 1 aromatic carbocycles. The van der Waals surface area contributed by atoms with E-state index in [1.807, 2.05) is 37.4 Å². The van der Waals surface area contributed by atoms with Crippen molar-refractivity contribution in [2.75, 3.05) is 59.5 Å². The zero-order valence-corrected chi connectivity index (χ0v) is 14.6. The summed E-state index contributed by atoms with van der Waals surface area (Å²) >= 11 is 0. The summed E-state index contributed by atoms with van der Waals surface area (Å²) in [5, 5.41) is 6.83. The van der Waals surface area contributed by atoms with Crippen LogP contribution in [0.5, 0.6) is 5.75 Å². The van der Waals surface area contributed by atoms with Crippen LogP contribution in [-0.4, -0.2) is 81.3 Å². The van der Waals surface area contributed by atoms with E-state index < -0.39 is 0 Å². The van der Waals surface area contributed by atoms with Crippen molar-refractivity contribution in [3.63, 3.8) is 0 Å². The topological polar surface area (TPSA) is 52.1 Å². The van der Waals surface area contributed by atoms with Crippen molar-refractivity contribution in [3.8, 4) is 5.75 Å². The summed E-state index contributed by atoms with van der Waals surface area (Å²) in [6, 6.07) is 10.5. The van der Waals surface area contributed by atoms with E-state index in [4.69, 9.17) is 4.74 Å². The summed E-state index contributed by atoms with van der Waals surface area (Å²) in [5.74, 6) is 1.81. The molecular formula is C18H29N5O. The summed E-state index contributed by atoms with van der Waals surface area (Å²) in [5.41, 5.74) is 0. The smallest absolute Gasteiger partial charge is 0.191 e. The highest BCUT2D eigenvalue weighted by Crippen LogP contribution is 2.14. The molecule has 2 N–H and O–H groups in total. The highest BCUT2D eigenvalue weighted by molar-refractivity contribution is 5.79. The molecule has 0 saturated carbocycles. The number of guanidine groups is 1. The van der Waals surface area contributed by atoms with Gasteiger partial charge in [0, 0.05) is 58.9 Å². The Hall–Kier alpha value is -1.79. The Bertz CT molecular complexity index is 513. The Labute approximate surface area is 144 Å². The molecule has 2 bridgehead atoms. The van der Waals surface area contributed by atoms with Gasteiger partial charge in [0.15, 0.2) is 5.96 Å². The van der Waals surface area contributed by atoms with Gasteiger partial charge in [-0.1, -0.05) is 18.2 Å². The van der Waals surface area contributed by atoms with Crippen LogP contribution in [0.3, 0.4) is 0 Å². The number of aliphatic imine (C=N–C) groups is 1. The van der Waals surface area contributed by atoms with Crippen LogP contribution >= 0.6 is 0 Å². The fourth-order valence-electron chi connectivity index (χ4n) is 3.34. The summed E-state index contributed by atoms with van der Waals surface area (Å²) in [7, 11) is 1.83. The number of para-hydroxylation sites is 1. The van der Waals surface area contributed by atoms with Crippen molar-refractivity contribution in [3.05, 3.63) is 30.3 Å². The van der Waals surface area contributed by atoms with Crippen LogP contribution in [-0.2, 0) is 0 Å². The zero-order valence-electron chi connectivity index (χ0n) is 14.6. The van der Waals surface area contributed by atoms with Crippen LogP contribution in [0.4, 0.5) is 0 Å². The molecule has 4 rings (SSSR count). The fraction of sp³-hybridized carbons (Fsp3) is 0.611. The Kier molecular flexibility index (Phi) is 6.32. The first-order chi connectivity index (χ1) is 11.8. The minimum absolute atomic E-state index is 0.604. The molecular weight excluding hydrogens is 302 g/mol. The van der Waals surface area contributed by atoms with Gasteiger partial charge in [0.05, 0.1) is 6.61 Å². The standard InChI is InChI=1S/C18H29N5O/c1-19-18(20-8-5-13-24-17-6-3-2-4-7-17)21-14-16-15-22-9-11-23(16)12-10-22/h2-4,6-7,16H,5,8-15H2,1H3,(H2,19,20,21). The quantitative estimate of drug-likeness (QED) is 0.436. The van der Waals surface area contributed by atoms with E-state index in [1.165, 1.54) is 32.7 Å². The SMILES string of the molecule is CN=C(NCCCOc1ccccc1)NCC1CN2CCN1CC2. The molecule has 0 spiro atoms. The zero-order chi connectivity index (χ0) is 16.6. The average molecular weight is 331 g/mol. The summed E-state index contributed by atoms with van der Waals surface area (Å²) in [6.07, 6.45) is 0.943. The molecule has 6 heteroatoms. The van der Waals surface area contributed by atoms with Gasteiger partial charge >= 0.3 is 0 Å². The van der Waals surface area contributed by atoms with Crippen LogP contribution in [0, 0.1) is 0 Å². The Balaban J connectivity index is 1.29. The normalized spacial score (nSPS) is 26.2. The molecule has 132 valence electrons. The molecule has 3 heterocycles. The molecule has 3 fully saturated rings. The van der Waals surface area contributed by atoms with Crippen LogP contribution in [0.25, 0.3) is 0 Å². The second kappa shape index (κ2) is 8.89. The van der Waals surface area contributed by atoms with Crippen molar-refractivity contribution >= 4 is 5.96 Å². The van der Waals surface area contributed by atoms with Gasteiger partial charge in [0.25, 0.3) is 0 Å². The van der Waals surface area contributed by atoms with Gasteiger partial charge in [-0.3, -0.25) is 14.8 Å². The number of piperazine rings is 3. The Morgan fingerprint density at radius 3 is 2.62 bits per heavy atom. The second-order valence-electron chi connectivity index (χ2n) is 6.39. The molecule has 3 aliphatic heterocycles. The number of fused-ring (bicyclic) bond motifs is 3. The molecule has 1 atom stereocenters. The monoisotopic (exact) mass is 331 g/mol. The van der Waals surface area contributed by atoms with Gasteiger partial charge in [0.2, 0.25) is 0 Å². The largest absolute Gasteiger partial charge is 0.494 e. The van der Waals surface area contributed by atoms with E-state index >= 15 is 0 Å². The minimum atomic E-state index is 0.604. The maximum atomic E-state index is 5.70. The lowest BCUT2D eigenvalue weighted by atomic mass is 10.1. The van der Waals surface area contributed by atoms with E-state index in [9.17, 15) is 0 Å². The van der Waals surface area contributed by atoms with Crippen molar-refractivity contribution in [1.82, 2.24) is 20.4 Å². The highest BCUT2D eigenvalue weighted by atomic mass is 16.5. The summed E-state index contributed by atoms with van der Waals surface area (Å²) in [4.78, 5) is 9.46. The number of nitrogens with zero attached hydrogens (tertiary/aromatic N) is 3. The second-order valence-corrected chi connectivity index (χ2v) is 6.39. The summed E-state index contributed by atoms with van der Waals surface area (Å²) < 4.78 is 5.70. The van der Waals surface area contributed by atoms with Crippen LogP contribution in [0.2, 0.25) is 0 Å². The first kappa shape index (κ1) is 17.0. The number of nitrogens with one attached hydrogen (secondary N) is 2. The predicted octanol–water partition coefficient (Wildman–Crippen LogP) is 0.620. The number of benzene rings is 1. The Morgan fingerprint density at radius 2 is 1.96 bits per heavy atom.